The first kappa shape index (κ1) is 22.7. The van der Waals surface area contributed by atoms with Crippen LogP contribution in [0, 0.1) is 0 Å². The van der Waals surface area contributed by atoms with Gasteiger partial charge in [0, 0.05) is 42.8 Å². The van der Waals surface area contributed by atoms with Crippen LogP contribution in [0.1, 0.15) is 57.4 Å². The number of fused-ring (bicyclic) bond motifs is 3. The van der Waals surface area contributed by atoms with Crippen molar-refractivity contribution in [2.45, 2.75) is 60.2 Å². The van der Waals surface area contributed by atoms with Crippen molar-refractivity contribution in [3.05, 3.63) is 71.4 Å². The second-order valence-electron chi connectivity index (χ2n) is 6.73. The maximum Gasteiger partial charge on any atom is 0.226 e. The standard InChI is InChI=1S/C21H23N3O.2C2H6/c1-2-24-18-11-7-6-10-16(18)20-17(21(22)25)13-23(14-19(20)24)12-15-8-4-3-5-9-15;2*1-2/h3-11,17H,2,12-14H2,1H3,(H2,22,25);2*1-2H3. The van der Waals surface area contributed by atoms with Crippen LogP contribution in [0.15, 0.2) is 54.6 Å². The molecular weight excluding hydrogens is 358 g/mol. The van der Waals surface area contributed by atoms with Crippen LogP contribution in [0.4, 0.5) is 0 Å². The molecule has 2 N–H and O–H groups in total. The summed E-state index contributed by atoms with van der Waals surface area (Å²) in [6, 6.07) is 18.7. The molecule has 1 unspecified atom stereocenters. The van der Waals surface area contributed by atoms with E-state index in [0.29, 0.717) is 6.54 Å². The Balaban J connectivity index is 0.000000707. The van der Waals surface area contributed by atoms with E-state index in [2.05, 4.69) is 58.9 Å². The summed E-state index contributed by atoms with van der Waals surface area (Å²) in [5.41, 5.74) is 10.6. The molecule has 1 aromatic heterocycles. The number of primary amides is 1. The van der Waals surface area contributed by atoms with Gasteiger partial charge >= 0.3 is 0 Å². The van der Waals surface area contributed by atoms with E-state index in [-0.39, 0.29) is 11.8 Å². The van der Waals surface area contributed by atoms with Gasteiger partial charge in [0.2, 0.25) is 5.91 Å². The van der Waals surface area contributed by atoms with Crippen molar-refractivity contribution in [1.29, 1.82) is 0 Å². The van der Waals surface area contributed by atoms with E-state index in [1.54, 1.807) is 0 Å². The molecule has 1 amide bonds. The summed E-state index contributed by atoms with van der Waals surface area (Å²) in [6.45, 7) is 13.4. The summed E-state index contributed by atoms with van der Waals surface area (Å²) >= 11 is 0. The van der Waals surface area contributed by atoms with Gasteiger partial charge in [-0.05, 0) is 24.1 Å². The molecule has 0 spiro atoms. The highest BCUT2D eigenvalue weighted by Gasteiger charge is 2.33. The Labute approximate surface area is 175 Å². The number of rotatable bonds is 4. The highest BCUT2D eigenvalue weighted by atomic mass is 16.1. The molecule has 1 aliphatic rings. The molecule has 156 valence electrons. The molecule has 2 heterocycles. The lowest BCUT2D eigenvalue weighted by Crippen LogP contribution is -2.39. The topological polar surface area (TPSA) is 51.3 Å². The van der Waals surface area contributed by atoms with Gasteiger partial charge in [0.1, 0.15) is 0 Å². The molecule has 0 saturated carbocycles. The molecule has 0 fully saturated rings. The van der Waals surface area contributed by atoms with Crippen LogP contribution < -0.4 is 5.73 Å². The average Bonchev–Trinajstić information content (AvgIpc) is 3.10. The zero-order valence-corrected chi connectivity index (χ0v) is 18.5. The van der Waals surface area contributed by atoms with Gasteiger partial charge in [-0.15, -0.1) is 0 Å². The first-order chi connectivity index (χ1) is 14.2. The highest BCUT2D eigenvalue weighted by molar-refractivity contribution is 5.93. The Bertz CT molecular complexity index is 914. The molecular formula is C25H35N3O. The third-order valence-corrected chi connectivity index (χ3v) is 5.19. The van der Waals surface area contributed by atoms with Crippen molar-refractivity contribution in [2.24, 2.45) is 5.73 Å². The Kier molecular flexibility index (Phi) is 8.47. The summed E-state index contributed by atoms with van der Waals surface area (Å²) in [5, 5.41) is 1.17. The number of amides is 1. The minimum Gasteiger partial charge on any atom is -0.369 e. The molecule has 1 aliphatic heterocycles. The van der Waals surface area contributed by atoms with Crippen molar-refractivity contribution in [3.63, 3.8) is 0 Å². The molecule has 0 saturated heterocycles. The number of aryl methyl sites for hydroxylation is 1. The van der Waals surface area contributed by atoms with E-state index in [9.17, 15) is 4.79 Å². The largest absolute Gasteiger partial charge is 0.369 e. The summed E-state index contributed by atoms with van der Waals surface area (Å²) < 4.78 is 2.33. The molecule has 3 aromatic rings. The number of hydrogen-bond donors (Lipinski definition) is 1. The Morgan fingerprint density at radius 2 is 1.62 bits per heavy atom. The van der Waals surface area contributed by atoms with E-state index in [4.69, 9.17) is 5.73 Å². The van der Waals surface area contributed by atoms with Crippen molar-refractivity contribution in [2.75, 3.05) is 6.54 Å². The maximum atomic E-state index is 12.2. The summed E-state index contributed by atoms with van der Waals surface area (Å²) in [4.78, 5) is 14.6. The van der Waals surface area contributed by atoms with Crippen LogP contribution >= 0.6 is 0 Å². The Morgan fingerprint density at radius 3 is 2.24 bits per heavy atom. The van der Waals surface area contributed by atoms with E-state index < -0.39 is 0 Å². The van der Waals surface area contributed by atoms with Crippen LogP contribution in [0.5, 0.6) is 0 Å². The smallest absolute Gasteiger partial charge is 0.226 e. The summed E-state index contributed by atoms with van der Waals surface area (Å²) in [7, 11) is 0. The van der Waals surface area contributed by atoms with Gasteiger partial charge in [-0.25, -0.2) is 0 Å². The normalized spacial score (nSPS) is 15.6. The zero-order valence-electron chi connectivity index (χ0n) is 18.5. The van der Waals surface area contributed by atoms with Crippen molar-refractivity contribution in [3.8, 4) is 0 Å². The first-order valence-corrected chi connectivity index (χ1v) is 10.8. The van der Waals surface area contributed by atoms with E-state index in [1.165, 1.54) is 22.2 Å². The quantitative estimate of drug-likeness (QED) is 0.654. The number of carbonyl (C=O) groups excluding carboxylic acids is 1. The lowest BCUT2D eigenvalue weighted by atomic mass is 9.91. The lowest BCUT2D eigenvalue weighted by Gasteiger charge is -2.32. The predicted octanol–water partition coefficient (Wildman–Crippen LogP) is 5.30. The minimum atomic E-state index is -0.259. The molecule has 4 heteroatoms. The summed E-state index contributed by atoms with van der Waals surface area (Å²) in [6.07, 6.45) is 0. The number of carbonyl (C=O) groups is 1. The molecule has 0 bridgehead atoms. The number of hydrogen-bond acceptors (Lipinski definition) is 2. The zero-order chi connectivity index (χ0) is 21.4. The summed E-state index contributed by atoms with van der Waals surface area (Å²) in [5.74, 6) is -0.497. The first-order valence-electron chi connectivity index (χ1n) is 10.8. The van der Waals surface area contributed by atoms with Crippen molar-refractivity contribution >= 4 is 16.8 Å². The Hall–Kier alpha value is -2.59. The van der Waals surface area contributed by atoms with Crippen LogP contribution in [-0.2, 0) is 24.4 Å². The number of aromatic nitrogens is 1. The molecule has 0 radical (unpaired) electrons. The monoisotopic (exact) mass is 393 g/mol. The molecule has 4 rings (SSSR count). The fourth-order valence-corrected chi connectivity index (χ4v) is 4.12. The van der Waals surface area contributed by atoms with Gasteiger partial charge < -0.3 is 10.3 Å². The third-order valence-electron chi connectivity index (χ3n) is 5.19. The van der Waals surface area contributed by atoms with Gasteiger partial charge in [-0.3, -0.25) is 9.69 Å². The van der Waals surface area contributed by atoms with Gasteiger partial charge in [0.05, 0.1) is 5.92 Å². The Morgan fingerprint density at radius 1 is 1.00 bits per heavy atom. The fraction of sp³-hybridized carbons (Fsp3) is 0.400. The number of benzene rings is 2. The van der Waals surface area contributed by atoms with Gasteiger partial charge in [-0.1, -0.05) is 76.2 Å². The highest BCUT2D eigenvalue weighted by Crippen LogP contribution is 2.37. The van der Waals surface area contributed by atoms with Crippen molar-refractivity contribution in [1.82, 2.24) is 9.47 Å². The van der Waals surface area contributed by atoms with Crippen LogP contribution in [-0.4, -0.2) is 21.9 Å². The fourth-order valence-electron chi connectivity index (χ4n) is 4.12. The van der Waals surface area contributed by atoms with Crippen LogP contribution in [0.25, 0.3) is 10.9 Å². The molecule has 0 aliphatic carbocycles. The van der Waals surface area contributed by atoms with E-state index >= 15 is 0 Å². The number of nitrogens with two attached hydrogens (primary N) is 1. The van der Waals surface area contributed by atoms with E-state index in [0.717, 1.165) is 25.2 Å². The lowest BCUT2D eigenvalue weighted by molar-refractivity contribution is -0.120. The average molecular weight is 394 g/mol. The number of para-hydroxylation sites is 1. The molecule has 1 atom stereocenters. The molecule has 29 heavy (non-hydrogen) atoms. The van der Waals surface area contributed by atoms with Gasteiger partial charge in [0.15, 0.2) is 0 Å². The molecule has 4 nitrogen and oxygen atoms in total. The maximum absolute atomic E-state index is 12.2. The van der Waals surface area contributed by atoms with Gasteiger partial charge in [-0.2, -0.15) is 0 Å². The minimum absolute atomic E-state index is 0.238. The third kappa shape index (κ3) is 4.70. The van der Waals surface area contributed by atoms with Crippen LogP contribution in [0.2, 0.25) is 0 Å². The van der Waals surface area contributed by atoms with Crippen LogP contribution in [0.3, 0.4) is 0 Å². The van der Waals surface area contributed by atoms with E-state index in [1.807, 2.05) is 39.8 Å². The second kappa shape index (κ2) is 10.8. The second-order valence-corrected chi connectivity index (χ2v) is 6.73. The van der Waals surface area contributed by atoms with Gasteiger partial charge in [0.25, 0.3) is 0 Å². The predicted molar refractivity (Wildman–Crippen MR) is 123 cm³/mol. The van der Waals surface area contributed by atoms with Crippen molar-refractivity contribution < 1.29 is 4.79 Å². The molecule has 2 aromatic carbocycles. The number of nitrogens with zero attached hydrogens (tertiary/aromatic N) is 2. The SMILES string of the molecule is CC.CC.CCn1c2c(c3ccccc31)C(C(N)=O)CN(Cc1ccccc1)C2.